The van der Waals surface area contributed by atoms with Crippen LogP contribution in [-0.2, 0) is 14.0 Å². The van der Waals surface area contributed by atoms with Crippen LogP contribution >= 0.6 is 0 Å². The first kappa shape index (κ1) is 30.9. The summed E-state index contributed by atoms with van der Waals surface area (Å²) in [5, 5.41) is 5.15. The van der Waals surface area contributed by atoms with Gasteiger partial charge in [-0.2, -0.15) is 0 Å². The van der Waals surface area contributed by atoms with Crippen molar-refractivity contribution in [2.24, 2.45) is 17.8 Å². The van der Waals surface area contributed by atoms with Crippen molar-refractivity contribution < 1.29 is 23.1 Å². The Hall–Kier alpha value is -3.49. The lowest BCUT2D eigenvalue weighted by Crippen LogP contribution is -2.66. The fraction of sp³-hybridized carbons (Fsp3) is 0.429. The van der Waals surface area contributed by atoms with E-state index in [1.807, 2.05) is 0 Å². The summed E-state index contributed by atoms with van der Waals surface area (Å²) in [6.07, 6.45) is 6.17. The summed E-state index contributed by atoms with van der Waals surface area (Å²) in [6.45, 7) is 11.2. The zero-order valence-corrected chi connectivity index (χ0v) is 26.8. The van der Waals surface area contributed by atoms with Gasteiger partial charge in [0.1, 0.15) is 12.3 Å². The van der Waals surface area contributed by atoms with E-state index in [-0.39, 0.29) is 17.5 Å². The molecule has 3 aliphatic rings. The van der Waals surface area contributed by atoms with Gasteiger partial charge in [0, 0.05) is 19.7 Å². The highest BCUT2D eigenvalue weighted by atomic mass is 28.4. The number of hydrogen-bond acceptors (Lipinski definition) is 4. The number of ether oxygens (including phenoxy) is 1. The van der Waals surface area contributed by atoms with Crippen molar-refractivity contribution in [1.29, 1.82) is 0 Å². The molecule has 2 amide bonds. The predicted octanol–water partition coefficient (Wildman–Crippen LogP) is 5.51. The first-order valence-electron chi connectivity index (χ1n) is 15.2. The molecule has 1 N–H and O–H groups in total. The summed E-state index contributed by atoms with van der Waals surface area (Å²) in [5.41, 5.74) is 1.70. The largest absolute Gasteiger partial charge is 0.442 e. The minimum atomic E-state index is -2.59. The molecule has 1 heterocycles. The van der Waals surface area contributed by atoms with Crippen molar-refractivity contribution in [2.45, 2.75) is 58.4 Å². The molecule has 2 aromatic carbocycles. The Bertz CT molecular complexity index is 1360. The number of carbonyl (C=O) groups excluding carboxylic acids is 2. The maximum absolute atomic E-state index is 14.8. The van der Waals surface area contributed by atoms with Crippen LogP contribution in [0.25, 0.3) is 0 Å². The summed E-state index contributed by atoms with van der Waals surface area (Å²) in [6, 6.07) is 21.4. The molecule has 1 saturated heterocycles. The Kier molecular flexibility index (Phi) is 9.09. The van der Waals surface area contributed by atoms with Crippen LogP contribution in [0.2, 0.25) is 5.04 Å². The van der Waals surface area contributed by atoms with Gasteiger partial charge >= 0.3 is 6.09 Å². The quantitative estimate of drug-likeness (QED) is 0.272. The van der Waals surface area contributed by atoms with Crippen molar-refractivity contribution in [2.75, 3.05) is 19.7 Å². The van der Waals surface area contributed by atoms with Gasteiger partial charge in [0.2, 0.25) is 5.91 Å². The number of rotatable bonds is 11. The van der Waals surface area contributed by atoms with Crippen molar-refractivity contribution in [3.63, 3.8) is 0 Å². The zero-order valence-electron chi connectivity index (χ0n) is 25.8. The minimum Gasteiger partial charge on any atom is -0.442 e. The van der Waals surface area contributed by atoms with Crippen LogP contribution in [0, 0.1) is 17.8 Å². The van der Waals surface area contributed by atoms with Gasteiger partial charge in [-0.05, 0) is 63.7 Å². The predicted molar refractivity (Wildman–Crippen MR) is 170 cm³/mol. The Balaban J connectivity index is 1.27. The lowest BCUT2D eigenvalue weighted by molar-refractivity contribution is -0.119. The Labute approximate surface area is 255 Å². The number of cyclic esters (lactones) is 1. The van der Waals surface area contributed by atoms with Crippen LogP contribution < -0.4 is 15.7 Å². The van der Waals surface area contributed by atoms with Crippen LogP contribution in [0.5, 0.6) is 0 Å². The highest BCUT2D eigenvalue weighted by molar-refractivity contribution is 6.99. The second-order valence-corrected chi connectivity index (χ2v) is 17.3. The number of fused-ring (bicyclic) bond motifs is 1. The molecule has 0 spiro atoms. The SMILES string of the molecule is CC(=O)NC[C@H]1CN(/C=C/C=C(/C2=C[C@@H]3[C@@H](CO[Si](c4ccccc4)(c4ccccc4)C(C)(C)C)[C@@H]3C2)C(C)F)C(=O)O1. The number of alkyl halides is 1. The molecule has 8 heteroatoms. The maximum atomic E-state index is 14.8. The standard InChI is InChI=1S/C35H43FN2O4Si/c1-24(36)30(17-12-18-38-22-27(42-34(38)40)21-37-25(2)39)26-19-31-32(20-26)33(31)23-41-43(35(3,4)5,28-13-8-6-9-14-28)29-15-10-7-11-16-29/h6-19,24,27,31-33H,20-23H2,1-5H3,(H,37,39)/b18-12+,30-17+/t24?,27-,31-,32+,33+/m0/s1. The molecule has 6 nitrogen and oxygen atoms in total. The fourth-order valence-corrected chi connectivity index (χ4v) is 11.4. The molecular weight excluding hydrogens is 559 g/mol. The maximum Gasteiger partial charge on any atom is 0.414 e. The molecule has 0 aromatic heterocycles. The third-order valence-corrected chi connectivity index (χ3v) is 14.0. The number of amides is 2. The monoisotopic (exact) mass is 602 g/mol. The molecule has 2 aromatic rings. The zero-order chi connectivity index (χ0) is 30.8. The molecule has 1 aliphatic heterocycles. The number of halogens is 1. The van der Waals surface area contributed by atoms with Gasteiger partial charge in [0.05, 0.1) is 13.1 Å². The fourth-order valence-electron chi connectivity index (χ4n) is 6.77. The first-order chi connectivity index (χ1) is 20.5. The summed E-state index contributed by atoms with van der Waals surface area (Å²) < 4.78 is 27.2. The molecule has 5 atom stereocenters. The number of benzene rings is 2. The molecule has 2 fully saturated rings. The van der Waals surface area contributed by atoms with E-state index < -0.39 is 26.7 Å². The normalized spacial score (nSPS) is 24.5. The number of nitrogens with zero attached hydrogens (tertiary/aromatic N) is 1. The smallest absolute Gasteiger partial charge is 0.414 e. The van der Waals surface area contributed by atoms with Gasteiger partial charge in [0.15, 0.2) is 0 Å². The van der Waals surface area contributed by atoms with Gasteiger partial charge in [-0.25, -0.2) is 9.18 Å². The van der Waals surface area contributed by atoms with Gasteiger partial charge < -0.3 is 14.5 Å². The molecule has 43 heavy (non-hydrogen) atoms. The molecule has 2 aliphatic carbocycles. The summed E-state index contributed by atoms with van der Waals surface area (Å²) in [7, 11) is -2.59. The number of allylic oxidation sites excluding steroid dienone is 5. The van der Waals surface area contributed by atoms with Crippen molar-refractivity contribution in [3.8, 4) is 0 Å². The highest BCUT2D eigenvalue weighted by Gasteiger charge is 2.56. The van der Waals surface area contributed by atoms with Crippen LogP contribution in [-0.4, -0.2) is 57.2 Å². The second-order valence-electron chi connectivity index (χ2n) is 13.0. The van der Waals surface area contributed by atoms with E-state index >= 15 is 0 Å². The molecule has 1 saturated carbocycles. The molecule has 0 radical (unpaired) electrons. The van der Waals surface area contributed by atoms with Crippen LogP contribution in [0.1, 0.15) is 41.0 Å². The van der Waals surface area contributed by atoms with E-state index in [1.54, 1.807) is 25.3 Å². The lowest BCUT2D eigenvalue weighted by Gasteiger charge is -2.43. The average molecular weight is 603 g/mol. The van der Waals surface area contributed by atoms with E-state index in [1.165, 1.54) is 22.2 Å². The Morgan fingerprint density at radius 1 is 1.14 bits per heavy atom. The van der Waals surface area contributed by atoms with E-state index in [2.05, 4.69) is 92.8 Å². The highest BCUT2D eigenvalue weighted by Crippen LogP contribution is 2.58. The van der Waals surface area contributed by atoms with Crippen molar-refractivity contribution >= 4 is 30.7 Å². The lowest BCUT2D eigenvalue weighted by atomic mass is 9.97. The van der Waals surface area contributed by atoms with Gasteiger partial charge in [0.25, 0.3) is 8.32 Å². The Morgan fingerprint density at radius 2 is 1.77 bits per heavy atom. The van der Waals surface area contributed by atoms with Gasteiger partial charge in [-0.3, -0.25) is 9.69 Å². The number of carbonyl (C=O) groups is 2. The van der Waals surface area contributed by atoms with Crippen LogP contribution in [0.15, 0.2) is 96.2 Å². The summed E-state index contributed by atoms with van der Waals surface area (Å²) >= 11 is 0. The average Bonchev–Trinajstić information content (AvgIpc) is 3.25. The first-order valence-corrected chi connectivity index (χ1v) is 17.1. The Morgan fingerprint density at radius 3 is 2.28 bits per heavy atom. The summed E-state index contributed by atoms with van der Waals surface area (Å²) in [4.78, 5) is 24.8. The van der Waals surface area contributed by atoms with E-state index in [4.69, 9.17) is 9.16 Å². The third-order valence-electron chi connectivity index (χ3n) is 8.98. The topological polar surface area (TPSA) is 67.9 Å². The van der Waals surface area contributed by atoms with E-state index in [9.17, 15) is 14.0 Å². The van der Waals surface area contributed by atoms with Crippen LogP contribution in [0.4, 0.5) is 9.18 Å². The van der Waals surface area contributed by atoms with Gasteiger partial charge in [-0.1, -0.05) is 93.6 Å². The molecule has 1 unspecified atom stereocenters. The second kappa shape index (κ2) is 12.6. The van der Waals surface area contributed by atoms with E-state index in [0.717, 1.165) is 12.0 Å². The molecule has 5 rings (SSSR count). The van der Waals surface area contributed by atoms with E-state index in [0.29, 0.717) is 36.5 Å². The molecular formula is C35H43FN2O4Si. The number of hydrogen-bond donors (Lipinski definition) is 1. The third kappa shape index (κ3) is 6.55. The molecule has 228 valence electrons. The van der Waals surface area contributed by atoms with Crippen LogP contribution in [0.3, 0.4) is 0 Å². The summed E-state index contributed by atoms with van der Waals surface area (Å²) in [5.74, 6) is 1.11. The molecule has 0 bridgehead atoms. The van der Waals surface area contributed by atoms with Gasteiger partial charge in [-0.15, -0.1) is 0 Å². The number of nitrogens with one attached hydrogen (secondary N) is 1. The van der Waals surface area contributed by atoms with Crippen molar-refractivity contribution in [1.82, 2.24) is 10.2 Å². The minimum absolute atomic E-state index is 0.0711. The van der Waals surface area contributed by atoms with Crippen molar-refractivity contribution in [3.05, 3.63) is 96.2 Å².